The van der Waals surface area contributed by atoms with Gasteiger partial charge in [-0.2, -0.15) is 0 Å². The number of urea groups is 1. The monoisotopic (exact) mass is 412 g/mol. The second-order valence-electron chi connectivity index (χ2n) is 6.60. The summed E-state index contributed by atoms with van der Waals surface area (Å²) in [4.78, 5) is 38.0. The Kier molecular flexibility index (Phi) is 6.74. The Labute approximate surface area is 174 Å². The summed E-state index contributed by atoms with van der Waals surface area (Å²) in [6.45, 7) is 0.237. The first-order valence-electron chi connectivity index (χ1n) is 9.48. The van der Waals surface area contributed by atoms with Crippen molar-refractivity contribution in [1.82, 2.24) is 5.32 Å². The van der Waals surface area contributed by atoms with Gasteiger partial charge in [0, 0.05) is 19.0 Å². The largest absolute Gasteiger partial charge is 0.497 e. The molecule has 3 N–H and O–H groups in total. The lowest BCUT2D eigenvalue weighted by molar-refractivity contribution is -0.116. The number of benzene rings is 2. The van der Waals surface area contributed by atoms with E-state index in [4.69, 9.17) is 9.47 Å². The highest BCUT2D eigenvalue weighted by Crippen LogP contribution is 2.29. The number of nitrogens with one attached hydrogen (secondary N) is 3. The van der Waals surface area contributed by atoms with Crippen molar-refractivity contribution in [1.29, 1.82) is 0 Å². The Morgan fingerprint density at radius 3 is 2.70 bits per heavy atom. The van der Waals surface area contributed by atoms with Gasteiger partial charge in [-0.05, 0) is 30.7 Å². The lowest BCUT2D eigenvalue weighted by atomic mass is 10.2. The minimum absolute atomic E-state index is 0.0566. The summed E-state index contributed by atoms with van der Waals surface area (Å²) in [6.07, 6.45) is 0.642. The molecule has 0 spiro atoms. The summed E-state index contributed by atoms with van der Waals surface area (Å²) in [5, 5.41) is 8.28. The molecular formula is C21H24N4O5. The minimum Gasteiger partial charge on any atom is -0.497 e. The van der Waals surface area contributed by atoms with Gasteiger partial charge >= 0.3 is 6.03 Å². The molecule has 9 heteroatoms. The Balaban J connectivity index is 1.49. The highest BCUT2D eigenvalue weighted by molar-refractivity contribution is 6.09. The van der Waals surface area contributed by atoms with Crippen LogP contribution in [-0.2, 0) is 9.59 Å². The molecule has 0 atom stereocenters. The molecule has 2 aromatic rings. The highest BCUT2D eigenvalue weighted by Gasteiger charge is 2.26. The zero-order valence-corrected chi connectivity index (χ0v) is 16.9. The number of nitrogens with zero attached hydrogens (tertiary/aromatic N) is 1. The lowest BCUT2D eigenvalue weighted by Gasteiger charge is -2.29. The van der Waals surface area contributed by atoms with Gasteiger partial charge in [-0.1, -0.05) is 12.1 Å². The number of carbonyl (C=O) groups is 3. The van der Waals surface area contributed by atoms with E-state index >= 15 is 0 Å². The van der Waals surface area contributed by atoms with Crippen LogP contribution in [0.2, 0.25) is 0 Å². The van der Waals surface area contributed by atoms with Crippen LogP contribution in [0.5, 0.6) is 11.5 Å². The molecule has 1 aliphatic rings. The average Bonchev–Trinajstić information content (AvgIpc) is 2.75. The van der Waals surface area contributed by atoms with E-state index in [0.29, 0.717) is 41.5 Å². The van der Waals surface area contributed by atoms with Crippen LogP contribution in [-0.4, -0.2) is 45.2 Å². The fraction of sp³-hybridized carbons (Fsp3) is 0.286. The number of carbonyl (C=O) groups excluding carboxylic acids is 3. The van der Waals surface area contributed by atoms with Crippen LogP contribution in [0, 0.1) is 0 Å². The lowest BCUT2D eigenvalue weighted by Crippen LogP contribution is -2.47. The van der Waals surface area contributed by atoms with Crippen molar-refractivity contribution < 1.29 is 23.9 Å². The summed E-state index contributed by atoms with van der Waals surface area (Å²) < 4.78 is 10.4. The van der Waals surface area contributed by atoms with Crippen molar-refractivity contribution in [2.45, 2.75) is 12.8 Å². The number of fused-ring (bicyclic) bond motifs is 1. The number of ether oxygens (including phenoxy) is 2. The normalized spacial score (nSPS) is 12.5. The van der Waals surface area contributed by atoms with Crippen molar-refractivity contribution in [2.24, 2.45) is 0 Å². The van der Waals surface area contributed by atoms with Gasteiger partial charge in [0.1, 0.15) is 18.0 Å². The zero-order valence-electron chi connectivity index (χ0n) is 16.9. The first-order chi connectivity index (χ1) is 14.5. The Bertz CT molecular complexity index is 947. The van der Waals surface area contributed by atoms with Gasteiger partial charge < -0.3 is 25.4 Å². The molecular weight excluding hydrogens is 388 g/mol. The van der Waals surface area contributed by atoms with Crippen molar-refractivity contribution in [2.75, 3.05) is 42.8 Å². The molecule has 0 bridgehead atoms. The summed E-state index contributed by atoms with van der Waals surface area (Å²) in [7, 11) is 3.06. The van der Waals surface area contributed by atoms with Crippen molar-refractivity contribution in [3.63, 3.8) is 0 Å². The zero-order chi connectivity index (χ0) is 21.5. The van der Waals surface area contributed by atoms with Crippen molar-refractivity contribution >= 4 is 34.9 Å². The Hall–Kier alpha value is -3.75. The molecule has 0 saturated heterocycles. The molecule has 0 radical (unpaired) electrons. The molecule has 30 heavy (non-hydrogen) atoms. The minimum atomic E-state index is -0.382. The molecule has 0 aromatic heterocycles. The Morgan fingerprint density at radius 2 is 1.93 bits per heavy atom. The van der Waals surface area contributed by atoms with Gasteiger partial charge in [-0.15, -0.1) is 0 Å². The summed E-state index contributed by atoms with van der Waals surface area (Å²) in [5.41, 5.74) is 1.75. The van der Waals surface area contributed by atoms with E-state index in [9.17, 15) is 14.4 Å². The first-order valence-corrected chi connectivity index (χ1v) is 9.48. The van der Waals surface area contributed by atoms with Gasteiger partial charge in [0.2, 0.25) is 11.8 Å². The number of rotatable bonds is 7. The van der Waals surface area contributed by atoms with Gasteiger partial charge in [-0.3, -0.25) is 14.5 Å². The van der Waals surface area contributed by atoms with Crippen LogP contribution >= 0.6 is 0 Å². The Morgan fingerprint density at radius 1 is 1.13 bits per heavy atom. The van der Waals surface area contributed by atoms with Crippen LogP contribution in [0.15, 0.2) is 42.5 Å². The number of anilines is 3. The van der Waals surface area contributed by atoms with Crippen LogP contribution < -0.4 is 30.3 Å². The third kappa shape index (κ3) is 4.99. The number of para-hydroxylation sites is 2. The van der Waals surface area contributed by atoms with Gasteiger partial charge in [0.05, 0.1) is 31.3 Å². The van der Waals surface area contributed by atoms with Gasteiger partial charge in [-0.25, -0.2) is 4.79 Å². The standard InChI is InChI=1S/C21H24N4O5/c1-29-14-9-10-18(30-2)16(12-14)24-19(26)8-5-11-22-21(28)25-13-20(27)23-15-6-3-4-7-17(15)25/h3-4,6-7,9-10,12H,5,8,11,13H2,1-2H3,(H,22,28)(H,23,27)(H,24,26). The number of hydrogen-bond donors (Lipinski definition) is 3. The predicted octanol–water partition coefficient (Wildman–Crippen LogP) is 2.59. The second-order valence-corrected chi connectivity index (χ2v) is 6.60. The maximum atomic E-state index is 12.5. The molecule has 4 amide bonds. The van der Waals surface area contributed by atoms with E-state index in [2.05, 4.69) is 16.0 Å². The maximum Gasteiger partial charge on any atom is 0.322 e. The predicted molar refractivity (Wildman–Crippen MR) is 113 cm³/mol. The summed E-state index contributed by atoms with van der Waals surface area (Å²) in [6, 6.07) is 11.8. The maximum absolute atomic E-state index is 12.5. The summed E-state index contributed by atoms with van der Waals surface area (Å²) >= 11 is 0. The van der Waals surface area contributed by atoms with Crippen molar-refractivity contribution in [3.05, 3.63) is 42.5 Å². The second kappa shape index (κ2) is 9.64. The molecule has 3 rings (SSSR count). The van der Waals surface area contributed by atoms with E-state index in [1.54, 1.807) is 49.6 Å². The highest BCUT2D eigenvalue weighted by atomic mass is 16.5. The van der Waals surface area contributed by atoms with Crippen molar-refractivity contribution in [3.8, 4) is 11.5 Å². The SMILES string of the molecule is COc1ccc(OC)c(NC(=O)CCCNC(=O)N2CC(=O)Nc3ccccc32)c1. The fourth-order valence-corrected chi connectivity index (χ4v) is 3.08. The molecule has 0 aliphatic carbocycles. The summed E-state index contributed by atoms with van der Waals surface area (Å²) in [5.74, 6) is 0.665. The molecule has 1 heterocycles. The molecule has 1 aliphatic heterocycles. The van der Waals surface area contributed by atoms with E-state index in [-0.39, 0.29) is 30.8 Å². The van der Waals surface area contributed by atoms with E-state index < -0.39 is 0 Å². The van der Waals surface area contributed by atoms with E-state index in [0.717, 1.165) is 0 Å². The van der Waals surface area contributed by atoms with Gasteiger partial charge in [0.15, 0.2) is 0 Å². The van der Waals surface area contributed by atoms with Crippen LogP contribution in [0.3, 0.4) is 0 Å². The van der Waals surface area contributed by atoms with E-state index in [1.165, 1.54) is 12.0 Å². The van der Waals surface area contributed by atoms with Crippen LogP contribution in [0.25, 0.3) is 0 Å². The number of hydrogen-bond acceptors (Lipinski definition) is 5. The number of amides is 4. The van der Waals surface area contributed by atoms with Crippen LogP contribution in [0.1, 0.15) is 12.8 Å². The quantitative estimate of drug-likeness (QED) is 0.606. The fourth-order valence-electron chi connectivity index (χ4n) is 3.08. The third-order valence-corrected chi connectivity index (χ3v) is 4.55. The molecule has 9 nitrogen and oxygen atoms in total. The average molecular weight is 412 g/mol. The molecule has 2 aromatic carbocycles. The first kappa shape index (κ1) is 21.0. The van der Waals surface area contributed by atoms with Gasteiger partial charge in [0.25, 0.3) is 0 Å². The molecule has 0 unspecified atom stereocenters. The smallest absolute Gasteiger partial charge is 0.322 e. The number of methoxy groups -OCH3 is 2. The van der Waals surface area contributed by atoms with Crippen LogP contribution in [0.4, 0.5) is 21.9 Å². The van der Waals surface area contributed by atoms with E-state index in [1.807, 2.05) is 0 Å². The third-order valence-electron chi connectivity index (χ3n) is 4.55. The molecule has 158 valence electrons. The molecule has 0 saturated carbocycles. The topological polar surface area (TPSA) is 109 Å². The molecule has 0 fully saturated rings.